The zero-order valence-corrected chi connectivity index (χ0v) is 13.5. The molecular formula is C15H25N3OS. The molecule has 2 heterocycles. The molecule has 1 unspecified atom stereocenters. The van der Waals surface area contributed by atoms with Gasteiger partial charge in [0, 0.05) is 43.6 Å². The molecular weight excluding hydrogens is 270 g/mol. The van der Waals surface area contributed by atoms with Crippen LogP contribution in [0.15, 0.2) is 0 Å². The van der Waals surface area contributed by atoms with Crippen molar-refractivity contribution in [1.82, 2.24) is 10.3 Å². The molecule has 2 aliphatic rings. The van der Waals surface area contributed by atoms with Gasteiger partial charge in [0.25, 0.3) is 0 Å². The number of ether oxygens (including phenoxy) is 1. The summed E-state index contributed by atoms with van der Waals surface area (Å²) in [6, 6.07) is 0.525. The monoisotopic (exact) mass is 295 g/mol. The summed E-state index contributed by atoms with van der Waals surface area (Å²) in [5.41, 5.74) is 1.36. The van der Waals surface area contributed by atoms with Gasteiger partial charge in [-0.05, 0) is 19.3 Å². The summed E-state index contributed by atoms with van der Waals surface area (Å²) >= 11 is 1.88. The largest absolute Gasteiger partial charge is 0.380 e. The number of nitrogens with zero attached hydrogens (tertiary/aromatic N) is 2. The third kappa shape index (κ3) is 3.15. The van der Waals surface area contributed by atoms with E-state index in [2.05, 4.69) is 24.1 Å². The van der Waals surface area contributed by atoms with E-state index in [1.807, 2.05) is 18.4 Å². The van der Waals surface area contributed by atoms with E-state index in [4.69, 9.17) is 9.72 Å². The van der Waals surface area contributed by atoms with Crippen molar-refractivity contribution >= 4 is 16.5 Å². The number of aromatic nitrogens is 1. The van der Waals surface area contributed by atoms with Gasteiger partial charge in [-0.1, -0.05) is 13.8 Å². The molecule has 0 amide bonds. The first-order valence-electron chi connectivity index (χ1n) is 7.68. The fraction of sp³-hybridized carbons (Fsp3) is 0.800. The summed E-state index contributed by atoms with van der Waals surface area (Å²) in [7, 11) is 1.81. The lowest BCUT2D eigenvalue weighted by Gasteiger charge is -2.14. The van der Waals surface area contributed by atoms with Crippen molar-refractivity contribution in [2.75, 3.05) is 25.1 Å². The highest BCUT2D eigenvalue weighted by molar-refractivity contribution is 7.15. The molecule has 1 saturated heterocycles. The third-order valence-electron chi connectivity index (χ3n) is 4.10. The third-order valence-corrected chi connectivity index (χ3v) is 5.23. The first kappa shape index (κ1) is 14.3. The van der Waals surface area contributed by atoms with Gasteiger partial charge in [0.2, 0.25) is 0 Å². The highest BCUT2D eigenvalue weighted by Gasteiger charge is 2.32. The van der Waals surface area contributed by atoms with E-state index in [0.717, 1.165) is 32.0 Å². The minimum atomic E-state index is 0.375. The van der Waals surface area contributed by atoms with Crippen molar-refractivity contribution in [2.24, 2.45) is 0 Å². The number of hydrogen-bond donors (Lipinski definition) is 1. The topological polar surface area (TPSA) is 37.4 Å². The number of anilines is 1. The summed E-state index contributed by atoms with van der Waals surface area (Å²) in [4.78, 5) is 8.78. The summed E-state index contributed by atoms with van der Waals surface area (Å²) < 4.78 is 5.46. The van der Waals surface area contributed by atoms with Crippen LogP contribution in [0.4, 0.5) is 5.13 Å². The first-order chi connectivity index (χ1) is 9.67. The summed E-state index contributed by atoms with van der Waals surface area (Å²) in [5, 5.41) is 4.74. The van der Waals surface area contributed by atoms with Crippen LogP contribution in [0.25, 0.3) is 0 Å². The SMILES string of the molecule is COC1CCN(c2nc(C3CC3)c(CNC(C)C)s2)C1. The molecule has 1 N–H and O–H groups in total. The van der Waals surface area contributed by atoms with Crippen LogP contribution in [-0.2, 0) is 11.3 Å². The zero-order valence-electron chi connectivity index (χ0n) is 12.7. The van der Waals surface area contributed by atoms with Gasteiger partial charge < -0.3 is 15.0 Å². The smallest absolute Gasteiger partial charge is 0.185 e. The number of thiazole rings is 1. The van der Waals surface area contributed by atoms with E-state index in [-0.39, 0.29) is 0 Å². The Morgan fingerprint density at radius 3 is 2.80 bits per heavy atom. The lowest BCUT2D eigenvalue weighted by atomic mass is 10.2. The second-order valence-electron chi connectivity index (χ2n) is 6.21. The lowest BCUT2D eigenvalue weighted by molar-refractivity contribution is 0.121. The number of rotatable bonds is 6. The molecule has 1 aliphatic heterocycles. The predicted molar refractivity (Wildman–Crippen MR) is 83.7 cm³/mol. The average Bonchev–Trinajstić information content (AvgIpc) is 3.02. The van der Waals surface area contributed by atoms with Crippen molar-refractivity contribution in [2.45, 2.75) is 57.7 Å². The zero-order chi connectivity index (χ0) is 14.1. The van der Waals surface area contributed by atoms with E-state index in [9.17, 15) is 0 Å². The van der Waals surface area contributed by atoms with Crippen molar-refractivity contribution < 1.29 is 4.74 Å². The number of hydrogen-bond acceptors (Lipinski definition) is 5. The quantitative estimate of drug-likeness (QED) is 0.875. The molecule has 4 nitrogen and oxygen atoms in total. The molecule has 1 saturated carbocycles. The van der Waals surface area contributed by atoms with Gasteiger partial charge in [0.15, 0.2) is 5.13 Å². The Morgan fingerprint density at radius 1 is 1.40 bits per heavy atom. The molecule has 1 atom stereocenters. The summed E-state index contributed by atoms with van der Waals surface area (Å²) in [6.45, 7) is 7.42. The molecule has 1 aliphatic carbocycles. The molecule has 1 aromatic heterocycles. The second-order valence-corrected chi connectivity index (χ2v) is 7.27. The Kier molecular flexibility index (Phi) is 4.29. The number of nitrogens with one attached hydrogen (secondary N) is 1. The van der Waals surface area contributed by atoms with Crippen molar-refractivity contribution in [3.05, 3.63) is 10.6 Å². The summed E-state index contributed by atoms with van der Waals surface area (Å²) in [6.07, 6.45) is 4.13. The predicted octanol–water partition coefficient (Wildman–Crippen LogP) is 2.74. The molecule has 1 aromatic rings. The van der Waals surface area contributed by atoms with Crippen LogP contribution in [0.1, 0.15) is 49.6 Å². The van der Waals surface area contributed by atoms with Crippen molar-refractivity contribution in [1.29, 1.82) is 0 Å². The first-order valence-corrected chi connectivity index (χ1v) is 8.49. The second kappa shape index (κ2) is 6.00. The lowest BCUT2D eigenvalue weighted by Crippen LogP contribution is -2.22. The normalized spacial score (nSPS) is 23.0. The van der Waals surface area contributed by atoms with Gasteiger partial charge in [-0.15, -0.1) is 11.3 Å². The molecule has 20 heavy (non-hydrogen) atoms. The Hall–Kier alpha value is -0.650. The molecule has 3 rings (SSSR count). The maximum Gasteiger partial charge on any atom is 0.185 e. The molecule has 0 spiro atoms. The highest BCUT2D eigenvalue weighted by atomic mass is 32.1. The van der Waals surface area contributed by atoms with Crippen LogP contribution in [0.3, 0.4) is 0 Å². The van der Waals surface area contributed by atoms with Gasteiger partial charge in [-0.2, -0.15) is 0 Å². The molecule has 0 radical (unpaired) electrons. The van der Waals surface area contributed by atoms with E-state index in [0.29, 0.717) is 12.1 Å². The maximum absolute atomic E-state index is 5.46. The van der Waals surface area contributed by atoms with E-state index < -0.39 is 0 Å². The molecule has 2 fully saturated rings. The van der Waals surface area contributed by atoms with Crippen molar-refractivity contribution in [3.63, 3.8) is 0 Å². The van der Waals surface area contributed by atoms with Gasteiger partial charge in [0.05, 0.1) is 11.8 Å². The minimum absolute atomic E-state index is 0.375. The summed E-state index contributed by atoms with van der Waals surface area (Å²) in [5.74, 6) is 0.727. The van der Waals surface area contributed by atoms with Gasteiger partial charge in [-0.3, -0.25) is 0 Å². The molecule has 112 valence electrons. The Morgan fingerprint density at radius 2 is 2.20 bits per heavy atom. The minimum Gasteiger partial charge on any atom is -0.380 e. The molecule has 0 aromatic carbocycles. The Bertz CT molecular complexity index is 456. The van der Waals surface area contributed by atoms with Gasteiger partial charge in [-0.25, -0.2) is 4.98 Å². The van der Waals surface area contributed by atoms with Gasteiger partial charge in [0.1, 0.15) is 0 Å². The van der Waals surface area contributed by atoms with Crippen LogP contribution in [0, 0.1) is 0 Å². The van der Waals surface area contributed by atoms with E-state index in [1.54, 1.807) is 0 Å². The van der Waals surface area contributed by atoms with Crippen LogP contribution in [0.2, 0.25) is 0 Å². The number of methoxy groups -OCH3 is 1. The van der Waals surface area contributed by atoms with E-state index >= 15 is 0 Å². The fourth-order valence-electron chi connectivity index (χ4n) is 2.68. The van der Waals surface area contributed by atoms with Gasteiger partial charge >= 0.3 is 0 Å². The van der Waals surface area contributed by atoms with Crippen molar-refractivity contribution in [3.8, 4) is 0 Å². The maximum atomic E-state index is 5.46. The van der Waals surface area contributed by atoms with Crippen LogP contribution >= 0.6 is 11.3 Å². The van der Waals surface area contributed by atoms with Crippen LogP contribution in [-0.4, -0.2) is 37.3 Å². The van der Waals surface area contributed by atoms with Crippen LogP contribution < -0.4 is 10.2 Å². The Balaban J connectivity index is 1.73. The molecule has 5 heteroatoms. The molecule has 0 bridgehead atoms. The average molecular weight is 295 g/mol. The van der Waals surface area contributed by atoms with Crippen LogP contribution in [0.5, 0.6) is 0 Å². The standard InChI is InChI=1S/C15H25N3OS/c1-10(2)16-8-13-14(11-4-5-11)17-15(20-13)18-7-6-12(9-18)19-3/h10-12,16H,4-9H2,1-3H3. The highest BCUT2D eigenvalue weighted by Crippen LogP contribution is 2.44. The fourth-order valence-corrected chi connectivity index (χ4v) is 3.81. The Labute approximate surface area is 125 Å². The van der Waals surface area contributed by atoms with E-state index in [1.165, 1.54) is 28.5 Å².